The van der Waals surface area contributed by atoms with Crippen LogP contribution in [0.5, 0.6) is 0 Å². The Morgan fingerprint density at radius 1 is 1.31 bits per heavy atom. The molecule has 1 heterocycles. The number of piperidine rings is 1. The van der Waals surface area contributed by atoms with Gasteiger partial charge in [0.05, 0.1) is 5.60 Å². The predicted octanol–water partition coefficient (Wildman–Crippen LogP) is 1.63. The van der Waals surface area contributed by atoms with Crippen molar-refractivity contribution >= 4 is 0 Å². The summed E-state index contributed by atoms with van der Waals surface area (Å²) in [6.07, 6.45) is 6.37. The Balaban J connectivity index is 1.83. The third kappa shape index (κ3) is 2.96. The van der Waals surface area contributed by atoms with Gasteiger partial charge in [-0.1, -0.05) is 6.92 Å². The second kappa shape index (κ2) is 5.48. The second-order valence-corrected chi connectivity index (χ2v) is 5.33. The lowest BCUT2D eigenvalue weighted by molar-refractivity contribution is -0.0821. The molecular formula is C13H26N2O. The van der Waals surface area contributed by atoms with Gasteiger partial charge in [-0.15, -0.1) is 0 Å². The average Bonchev–Trinajstić information content (AvgIpc) is 3.12. The minimum Gasteiger partial charge on any atom is -0.374 e. The molecule has 16 heavy (non-hydrogen) atoms. The summed E-state index contributed by atoms with van der Waals surface area (Å²) < 4.78 is 6.12. The molecule has 1 aliphatic heterocycles. The average molecular weight is 226 g/mol. The van der Waals surface area contributed by atoms with Gasteiger partial charge in [-0.2, -0.15) is 0 Å². The van der Waals surface area contributed by atoms with Crippen LogP contribution in [0.1, 0.15) is 39.0 Å². The maximum absolute atomic E-state index is 6.12. The highest BCUT2D eigenvalue weighted by molar-refractivity contribution is 4.94. The van der Waals surface area contributed by atoms with Crippen LogP contribution in [-0.4, -0.2) is 49.8 Å². The zero-order valence-electron chi connectivity index (χ0n) is 10.8. The lowest BCUT2D eigenvalue weighted by Gasteiger charge is -2.42. The number of hydrogen-bond acceptors (Lipinski definition) is 3. The molecule has 0 bridgehead atoms. The molecule has 3 nitrogen and oxygen atoms in total. The first-order valence-electron chi connectivity index (χ1n) is 6.82. The molecule has 0 aromatic rings. The molecule has 2 aliphatic rings. The molecule has 0 amide bonds. The Kier molecular flexibility index (Phi) is 4.22. The van der Waals surface area contributed by atoms with Crippen LogP contribution in [0.3, 0.4) is 0 Å². The van der Waals surface area contributed by atoms with Crippen molar-refractivity contribution in [2.24, 2.45) is 0 Å². The molecule has 2 fully saturated rings. The first-order valence-corrected chi connectivity index (χ1v) is 6.82. The molecule has 0 spiro atoms. The van der Waals surface area contributed by atoms with Crippen LogP contribution < -0.4 is 5.32 Å². The van der Waals surface area contributed by atoms with Gasteiger partial charge in [-0.05, 0) is 39.2 Å². The minimum atomic E-state index is 0.121. The number of ether oxygens (including phenoxy) is 1. The zero-order valence-corrected chi connectivity index (χ0v) is 10.8. The fourth-order valence-electron chi connectivity index (χ4n) is 2.75. The van der Waals surface area contributed by atoms with E-state index < -0.39 is 0 Å². The van der Waals surface area contributed by atoms with Crippen molar-refractivity contribution in [2.45, 2.75) is 50.7 Å². The molecule has 1 saturated heterocycles. The van der Waals surface area contributed by atoms with E-state index in [9.17, 15) is 0 Å². The molecule has 3 heteroatoms. The molecule has 1 N–H and O–H groups in total. The summed E-state index contributed by atoms with van der Waals surface area (Å²) in [4.78, 5) is 2.66. The van der Waals surface area contributed by atoms with Crippen LogP contribution in [0, 0.1) is 0 Å². The number of hydrogen-bond donors (Lipinski definition) is 1. The second-order valence-electron chi connectivity index (χ2n) is 5.33. The van der Waals surface area contributed by atoms with Gasteiger partial charge in [0.1, 0.15) is 0 Å². The molecule has 0 aromatic heterocycles. The van der Waals surface area contributed by atoms with Crippen LogP contribution in [0.2, 0.25) is 0 Å². The maximum atomic E-state index is 6.12. The summed E-state index contributed by atoms with van der Waals surface area (Å²) in [5.41, 5.74) is 0.121. The third-order valence-corrected chi connectivity index (χ3v) is 3.88. The molecular weight excluding hydrogens is 200 g/mol. The summed E-state index contributed by atoms with van der Waals surface area (Å²) in [7, 11) is 2.03. The van der Waals surface area contributed by atoms with Crippen molar-refractivity contribution < 1.29 is 4.74 Å². The van der Waals surface area contributed by atoms with Gasteiger partial charge in [0.25, 0.3) is 0 Å². The third-order valence-electron chi connectivity index (χ3n) is 3.88. The fourth-order valence-corrected chi connectivity index (χ4v) is 2.75. The standard InChI is InChI=1S/C13H26N2O/c1-3-10-16-13(11-14-2)6-8-15(9-7-13)12-4-5-12/h12,14H,3-11H2,1-2H3. The van der Waals surface area contributed by atoms with Crippen LogP contribution in [0.25, 0.3) is 0 Å². The SMILES string of the molecule is CCCOC1(CNC)CCN(C2CC2)CC1. The summed E-state index contributed by atoms with van der Waals surface area (Å²) in [5.74, 6) is 0. The van der Waals surface area contributed by atoms with E-state index in [0.717, 1.165) is 25.6 Å². The Labute approximate surface area is 99.5 Å². The maximum Gasteiger partial charge on any atom is 0.0830 e. The number of nitrogens with zero attached hydrogens (tertiary/aromatic N) is 1. The van der Waals surface area contributed by atoms with E-state index in [0.29, 0.717) is 0 Å². The number of rotatable bonds is 6. The smallest absolute Gasteiger partial charge is 0.0830 e. The van der Waals surface area contributed by atoms with Gasteiger partial charge in [0, 0.05) is 32.3 Å². The summed E-state index contributed by atoms with van der Waals surface area (Å²) in [5, 5.41) is 3.30. The van der Waals surface area contributed by atoms with Crippen molar-refractivity contribution in [3.8, 4) is 0 Å². The molecule has 0 unspecified atom stereocenters. The van der Waals surface area contributed by atoms with Crippen LogP contribution in [0.15, 0.2) is 0 Å². The summed E-state index contributed by atoms with van der Waals surface area (Å²) in [6, 6.07) is 0.916. The Morgan fingerprint density at radius 3 is 2.50 bits per heavy atom. The number of likely N-dealkylation sites (tertiary alicyclic amines) is 1. The van der Waals surface area contributed by atoms with Gasteiger partial charge in [-0.25, -0.2) is 0 Å². The van der Waals surface area contributed by atoms with E-state index >= 15 is 0 Å². The zero-order chi connectivity index (χ0) is 11.4. The van der Waals surface area contributed by atoms with E-state index in [1.165, 1.54) is 38.8 Å². The van der Waals surface area contributed by atoms with E-state index in [4.69, 9.17) is 4.74 Å². The molecule has 2 rings (SSSR count). The molecule has 1 saturated carbocycles. The van der Waals surface area contributed by atoms with E-state index in [-0.39, 0.29) is 5.60 Å². The Bertz CT molecular complexity index is 208. The van der Waals surface area contributed by atoms with E-state index in [1.807, 2.05) is 7.05 Å². The topological polar surface area (TPSA) is 24.5 Å². The number of likely N-dealkylation sites (N-methyl/N-ethyl adjacent to an activating group) is 1. The molecule has 1 aliphatic carbocycles. The summed E-state index contributed by atoms with van der Waals surface area (Å²) in [6.45, 7) is 6.56. The van der Waals surface area contributed by atoms with Crippen molar-refractivity contribution in [3.05, 3.63) is 0 Å². The normalized spacial score (nSPS) is 25.9. The first-order chi connectivity index (χ1) is 7.79. The van der Waals surface area contributed by atoms with Crippen molar-refractivity contribution in [1.82, 2.24) is 10.2 Å². The van der Waals surface area contributed by atoms with Crippen LogP contribution in [-0.2, 0) is 4.74 Å². The van der Waals surface area contributed by atoms with Gasteiger partial charge in [0.15, 0.2) is 0 Å². The van der Waals surface area contributed by atoms with Gasteiger partial charge in [0.2, 0.25) is 0 Å². The quantitative estimate of drug-likeness (QED) is 0.745. The highest BCUT2D eigenvalue weighted by Crippen LogP contribution is 2.33. The lowest BCUT2D eigenvalue weighted by Crippen LogP contribution is -2.51. The Morgan fingerprint density at radius 2 is 2.00 bits per heavy atom. The molecule has 94 valence electrons. The molecule has 0 atom stereocenters. The van der Waals surface area contributed by atoms with Gasteiger partial charge in [-0.3, -0.25) is 0 Å². The van der Waals surface area contributed by atoms with E-state index in [1.54, 1.807) is 0 Å². The lowest BCUT2D eigenvalue weighted by atomic mass is 9.90. The van der Waals surface area contributed by atoms with E-state index in [2.05, 4.69) is 17.1 Å². The van der Waals surface area contributed by atoms with Crippen LogP contribution in [0.4, 0.5) is 0 Å². The van der Waals surface area contributed by atoms with Gasteiger partial charge >= 0.3 is 0 Å². The minimum absolute atomic E-state index is 0.121. The first kappa shape index (κ1) is 12.3. The largest absolute Gasteiger partial charge is 0.374 e. The number of nitrogens with one attached hydrogen (secondary N) is 1. The van der Waals surface area contributed by atoms with Crippen molar-refractivity contribution in [3.63, 3.8) is 0 Å². The van der Waals surface area contributed by atoms with Crippen molar-refractivity contribution in [1.29, 1.82) is 0 Å². The fraction of sp³-hybridized carbons (Fsp3) is 1.00. The highest BCUT2D eigenvalue weighted by atomic mass is 16.5. The molecule has 0 aromatic carbocycles. The highest BCUT2D eigenvalue weighted by Gasteiger charge is 2.39. The predicted molar refractivity (Wildman–Crippen MR) is 66.7 cm³/mol. The molecule has 0 radical (unpaired) electrons. The van der Waals surface area contributed by atoms with Crippen LogP contribution >= 0.6 is 0 Å². The van der Waals surface area contributed by atoms with Crippen molar-refractivity contribution in [2.75, 3.05) is 33.3 Å². The van der Waals surface area contributed by atoms with Gasteiger partial charge < -0.3 is 15.0 Å². The monoisotopic (exact) mass is 226 g/mol. The summed E-state index contributed by atoms with van der Waals surface area (Å²) >= 11 is 0. The Hall–Kier alpha value is -0.120.